The van der Waals surface area contributed by atoms with Crippen molar-refractivity contribution < 1.29 is 31.7 Å². The average molecular weight is 544 g/mol. The first-order chi connectivity index (χ1) is 17.9. The van der Waals surface area contributed by atoms with Crippen molar-refractivity contribution in [3.05, 3.63) is 65.7 Å². The van der Waals surface area contributed by atoms with Crippen molar-refractivity contribution in [3.63, 3.8) is 0 Å². The first-order valence-corrected chi connectivity index (χ1v) is 14.5. The van der Waals surface area contributed by atoms with Crippen LogP contribution in [-0.2, 0) is 35.2 Å². The van der Waals surface area contributed by atoms with Crippen LogP contribution in [0.15, 0.2) is 59.5 Å². The first-order valence-electron chi connectivity index (χ1n) is 13.1. The first kappa shape index (κ1) is 28.1. The monoisotopic (exact) mass is 543 g/mol. The van der Waals surface area contributed by atoms with E-state index in [-0.39, 0.29) is 41.8 Å². The molecule has 4 unspecified atom stereocenters. The van der Waals surface area contributed by atoms with Crippen molar-refractivity contribution in [3.8, 4) is 0 Å². The minimum Gasteiger partial charge on any atom is -0.460 e. The third kappa shape index (κ3) is 6.94. The van der Waals surface area contributed by atoms with Gasteiger partial charge in [0.15, 0.2) is 0 Å². The number of aryl methyl sites for hydroxylation is 1. The number of esters is 1. The van der Waals surface area contributed by atoms with E-state index in [0.29, 0.717) is 25.9 Å². The number of benzene rings is 2. The zero-order chi connectivity index (χ0) is 27.5. The van der Waals surface area contributed by atoms with Crippen molar-refractivity contribution in [2.24, 2.45) is 23.7 Å². The number of amides is 1. The lowest BCUT2D eigenvalue weighted by atomic mass is 9.81. The Morgan fingerprint density at radius 3 is 2.34 bits per heavy atom. The maximum Gasteiger partial charge on any atom is 0.410 e. The third-order valence-electron chi connectivity index (χ3n) is 7.31. The molecule has 1 saturated heterocycles. The molecule has 0 spiro atoms. The predicted octanol–water partition coefficient (Wildman–Crippen LogP) is 4.95. The molecule has 2 aromatic carbocycles. The van der Waals surface area contributed by atoms with E-state index in [9.17, 15) is 18.0 Å². The maximum atomic E-state index is 13.2. The smallest absolute Gasteiger partial charge is 0.410 e. The normalized spacial score (nSPS) is 23.5. The number of hydrogen-bond donors (Lipinski definition) is 0. The SMILES string of the molecule is Cc1ccc(S(=O)(=O)OCC2CC(C(=O)OC(C)(C)C)C3CN(C(=O)OCc4ccccc4)CCC23)cc1. The van der Waals surface area contributed by atoms with Gasteiger partial charge in [0.05, 0.1) is 17.4 Å². The van der Waals surface area contributed by atoms with Crippen LogP contribution in [0.4, 0.5) is 4.79 Å². The summed E-state index contributed by atoms with van der Waals surface area (Å²) in [6.45, 7) is 8.32. The second-order valence-corrected chi connectivity index (χ2v) is 12.9. The molecule has 0 bridgehead atoms. The summed E-state index contributed by atoms with van der Waals surface area (Å²) in [5, 5.41) is 0. The topological polar surface area (TPSA) is 99.2 Å². The Balaban J connectivity index is 1.45. The molecule has 1 heterocycles. The van der Waals surface area contributed by atoms with Crippen LogP contribution in [0, 0.1) is 30.6 Å². The van der Waals surface area contributed by atoms with Gasteiger partial charge in [0, 0.05) is 13.1 Å². The van der Waals surface area contributed by atoms with E-state index in [4.69, 9.17) is 13.7 Å². The quantitative estimate of drug-likeness (QED) is 0.360. The van der Waals surface area contributed by atoms with E-state index in [1.807, 2.05) is 58.0 Å². The molecule has 1 saturated carbocycles. The van der Waals surface area contributed by atoms with Gasteiger partial charge in [0.2, 0.25) is 0 Å². The van der Waals surface area contributed by atoms with Crippen LogP contribution in [0.2, 0.25) is 0 Å². The van der Waals surface area contributed by atoms with Gasteiger partial charge in [-0.2, -0.15) is 8.42 Å². The van der Waals surface area contributed by atoms with Gasteiger partial charge in [0.1, 0.15) is 12.2 Å². The molecule has 2 fully saturated rings. The van der Waals surface area contributed by atoms with Crippen LogP contribution < -0.4 is 0 Å². The molecule has 2 aliphatic rings. The fourth-order valence-corrected chi connectivity index (χ4v) is 6.41. The van der Waals surface area contributed by atoms with Crippen molar-refractivity contribution in [1.82, 2.24) is 4.90 Å². The molecular formula is C29H37NO7S. The number of carbonyl (C=O) groups excluding carboxylic acids is 2. The summed E-state index contributed by atoms with van der Waals surface area (Å²) in [5.41, 5.74) is 1.20. The van der Waals surface area contributed by atoms with Gasteiger partial charge in [-0.15, -0.1) is 0 Å². The number of piperidine rings is 1. The predicted molar refractivity (Wildman–Crippen MR) is 142 cm³/mol. The average Bonchev–Trinajstić information content (AvgIpc) is 3.24. The van der Waals surface area contributed by atoms with Gasteiger partial charge in [-0.25, -0.2) is 4.79 Å². The summed E-state index contributed by atoms with van der Waals surface area (Å²) >= 11 is 0. The van der Waals surface area contributed by atoms with Crippen LogP contribution >= 0.6 is 0 Å². The van der Waals surface area contributed by atoms with Crippen LogP contribution in [0.5, 0.6) is 0 Å². The van der Waals surface area contributed by atoms with Gasteiger partial charge in [-0.3, -0.25) is 8.98 Å². The molecule has 0 radical (unpaired) electrons. The van der Waals surface area contributed by atoms with E-state index in [2.05, 4.69) is 0 Å². The summed E-state index contributed by atoms with van der Waals surface area (Å²) in [5.74, 6) is -1.08. The van der Waals surface area contributed by atoms with E-state index in [0.717, 1.165) is 11.1 Å². The minimum atomic E-state index is -3.93. The summed E-state index contributed by atoms with van der Waals surface area (Å²) in [7, 11) is -3.93. The van der Waals surface area contributed by atoms with Crippen molar-refractivity contribution in [2.45, 2.75) is 57.6 Å². The molecule has 8 nitrogen and oxygen atoms in total. The Labute approximate surface area is 225 Å². The number of hydrogen-bond acceptors (Lipinski definition) is 7. The van der Waals surface area contributed by atoms with Crippen molar-refractivity contribution in [1.29, 1.82) is 0 Å². The van der Waals surface area contributed by atoms with Gasteiger partial charge in [-0.1, -0.05) is 48.0 Å². The molecule has 0 aromatic heterocycles. The summed E-state index contributed by atoms with van der Waals surface area (Å²) in [6.07, 6.45) is 0.653. The molecule has 1 amide bonds. The van der Waals surface area contributed by atoms with Crippen LogP contribution in [0.1, 0.15) is 44.7 Å². The Bertz CT molecular complexity index is 1220. The van der Waals surface area contributed by atoms with Crippen LogP contribution in [0.25, 0.3) is 0 Å². The highest BCUT2D eigenvalue weighted by Gasteiger charge is 2.51. The van der Waals surface area contributed by atoms with E-state index < -0.39 is 27.7 Å². The molecule has 1 aliphatic carbocycles. The highest BCUT2D eigenvalue weighted by atomic mass is 32.2. The minimum absolute atomic E-state index is 0.0187. The second-order valence-electron chi connectivity index (χ2n) is 11.3. The molecular weight excluding hydrogens is 506 g/mol. The largest absolute Gasteiger partial charge is 0.460 e. The number of carbonyl (C=O) groups is 2. The summed E-state index contributed by atoms with van der Waals surface area (Å²) < 4.78 is 42.4. The third-order valence-corrected chi connectivity index (χ3v) is 8.61. The highest BCUT2D eigenvalue weighted by Crippen LogP contribution is 2.47. The number of fused-ring (bicyclic) bond motifs is 1. The zero-order valence-corrected chi connectivity index (χ0v) is 23.3. The van der Waals surface area contributed by atoms with Crippen molar-refractivity contribution in [2.75, 3.05) is 19.7 Å². The van der Waals surface area contributed by atoms with E-state index >= 15 is 0 Å². The number of nitrogens with zero attached hydrogens (tertiary/aromatic N) is 1. The van der Waals surface area contributed by atoms with Gasteiger partial charge in [0.25, 0.3) is 10.1 Å². The lowest BCUT2D eigenvalue weighted by Crippen LogP contribution is -2.46. The lowest BCUT2D eigenvalue weighted by Gasteiger charge is -2.37. The second kappa shape index (κ2) is 11.5. The highest BCUT2D eigenvalue weighted by molar-refractivity contribution is 7.86. The zero-order valence-electron chi connectivity index (χ0n) is 22.5. The fraction of sp³-hybridized carbons (Fsp3) is 0.517. The molecule has 0 N–H and O–H groups in total. The molecule has 206 valence electrons. The lowest BCUT2D eigenvalue weighted by molar-refractivity contribution is -0.162. The Morgan fingerprint density at radius 2 is 1.68 bits per heavy atom. The summed E-state index contributed by atoms with van der Waals surface area (Å²) in [6, 6.07) is 16.0. The van der Waals surface area contributed by atoms with Gasteiger partial charge >= 0.3 is 12.1 Å². The van der Waals surface area contributed by atoms with Crippen LogP contribution in [0.3, 0.4) is 0 Å². The maximum absolute atomic E-state index is 13.2. The molecule has 38 heavy (non-hydrogen) atoms. The summed E-state index contributed by atoms with van der Waals surface area (Å²) in [4.78, 5) is 27.8. The molecule has 4 rings (SSSR count). The number of likely N-dealkylation sites (tertiary alicyclic amines) is 1. The van der Waals surface area contributed by atoms with Gasteiger partial charge in [-0.05, 0) is 76.0 Å². The Kier molecular flexibility index (Phi) is 8.47. The van der Waals surface area contributed by atoms with E-state index in [1.54, 1.807) is 17.0 Å². The Hall–Kier alpha value is -2.91. The standard InChI is InChI=1S/C29H37NO7S/c1-20-10-12-23(13-11-20)38(33,34)36-19-22-16-25(27(31)37-29(2,3)4)26-17-30(15-14-24(22)26)28(32)35-18-21-8-6-5-7-9-21/h5-13,22,24-26H,14-19H2,1-4H3. The molecule has 9 heteroatoms. The van der Waals surface area contributed by atoms with Crippen molar-refractivity contribution >= 4 is 22.2 Å². The molecule has 2 aromatic rings. The fourth-order valence-electron chi connectivity index (χ4n) is 5.45. The Morgan fingerprint density at radius 1 is 1.00 bits per heavy atom. The number of rotatable bonds is 7. The van der Waals surface area contributed by atoms with Gasteiger partial charge < -0.3 is 14.4 Å². The molecule has 1 aliphatic heterocycles. The molecule has 4 atom stereocenters. The van der Waals surface area contributed by atoms with Crippen LogP contribution in [-0.4, -0.2) is 50.7 Å². The number of ether oxygens (including phenoxy) is 2. The van der Waals surface area contributed by atoms with E-state index in [1.165, 1.54) is 12.1 Å².